The maximum absolute atomic E-state index is 12.0. The summed E-state index contributed by atoms with van der Waals surface area (Å²) in [6.07, 6.45) is -0.00988. The summed E-state index contributed by atoms with van der Waals surface area (Å²) in [5.41, 5.74) is 0.725. The molecule has 1 atom stereocenters. The first-order chi connectivity index (χ1) is 8.56. The number of likely N-dealkylation sites (N-methyl/N-ethyl adjacent to an activating group) is 1. The zero-order valence-electron chi connectivity index (χ0n) is 10.6. The van der Waals surface area contributed by atoms with E-state index in [1.54, 1.807) is 26.2 Å². The molecule has 98 valence electrons. The third-order valence-corrected chi connectivity index (χ3v) is 2.46. The highest BCUT2D eigenvalue weighted by atomic mass is 16.3. The van der Waals surface area contributed by atoms with E-state index in [4.69, 9.17) is 5.11 Å². The van der Waals surface area contributed by atoms with Gasteiger partial charge in [-0.15, -0.1) is 0 Å². The highest BCUT2D eigenvalue weighted by Crippen LogP contribution is 2.14. The summed E-state index contributed by atoms with van der Waals surface area (Å²) in [7, 11) is 3.27. The smallest absolute Gasteiger partial charge is 0.249 e. The molecule has 0 radical (unpaired) electrons. The van der Waals surface area contributed by atoms with Crippen LogP contribution in [0.25, 0.3) is 0 Å². The van der Waals surface area contributed by atoms with Crippen molar-refractivity contribution in [2.45, 2.75) is 12.5 Å². The molecule has 0 saturated heterocycles. The number of aliphatic hydroxyl groups excluding tert-OH is 1. The van der Waals surface area contributed by atoms with Crippen molar-refractivity contribution in [3.05, 3.63) is 35.9 Å². The van der Waals surface area contributed by atoms with Gasteiger partial charge in [0.2, 0.25) is 11.8 Å². The lowest BCUT2D eigenvalue weighted by molar-refractivity contribution is -0.134. The second-order valence-electron chi connectivity index (χ2n) is 4.12. The van der Waals surface area contributed by atoms with Gasteiger partial charge in [-0.05, 0) is 5.56 Å². The predicted molar refractivity (Wildman–Crippen MR) is 67.7 cm³/mol. The number of rotatable bonds is 5. The van der Waals surface area contributed by atoms with E-state index >= 15 is 0 Å². The van der Waals surface area contributed by atoms with E-state index < -0.39 is 6.04 Å². The van der Waals surface area contributed by atoms with Crippen molar-refractivity contribution in [3.63, 3.8) is 0 Å². The molecule has 0 aliphatic heterocycles. The van der Waals surface area contributed by atoms with Crippen molar-refractivity contribution in [1.29, 1.82) is 0 Å². The molecule has 0 unspecified atom stereocenters. The monoisotopic (exact) mass is 250 g/mol. The van der Waals surface area contributed by atoms with Crippen LogP contribution in [0.3, 0.4) is 0 Å². The van der Waals surface area contributed by atoms with Gasteiger partial charge in [0.05, 0.1) is 6.61 Å². The molecular weight excluding hydrogens is 232 g/mol. The number of carbonyl (C=O) groups is 2. The molecular formula is C13H18N2O3. The van der Waals surface area contributed by atoms with Gasteiger partial charge in [0.15, 0.2) is 0 Å². The lowest BCUT2D eigenvalue weighted by Gasteiger charge is -2.22. The van der Waals surface area contributed by atoms with Crippen LogP contribution in [0.4, 0.5) is 0 Å². The molecule has 0 heterocycles. The van der Waals surface area contributed by atoms with Crippen LogP contribution in [0.1, 0.15) is 18.0 Å². The van der Waals surface area contributed by atoms with Gasteiger partial charge < -0.3 is 15.3 Å². The van der Waals surface area contributed by atoms with Crippen molar-refractivity contribution in [1.82, 2.24) is 10.2 Å². The Morgan fingerprint density at radius 2 is 1.89 bits per heavy atom. The van der Waals surface area contributed by atoms with Gasteiger partial charge >= 0.3 is 0 Å². The first kappa shape index (κ1) is 14.2. The second-order valence-corrected chi connectivity index (χ2v) is 4.12. The third kappa shape index (κ3) is 3.85. The summed E-state index contributed by atoms with van der Waals surface area (Å²) >= 11 is 0. The molecule has 1 aromatic rings. The Hall–Kier alpha value is -1.88. The molecule has 0 aromatic heterocycles. The summed E-state index contributed by atoms with van der Waals surface area (Å²) < 4.78 is 0. The van der Waals surface area contributed by atoms with Crippen LogP contribution in [-0.2, 0) is 9.59 Å². The van der Waals surface area contributed by atoms with Crippen LogP contribution in [0.15, 0.2) is 30.3 Å². The van der Waals surface area contributed by atoms with Gasteiger partial charge in [-0.25, -0.2) is 0 Å². The van der Waals surface area contributed by atoms with Crippen LogP contribution in [0.2, 0.25) is 0 Å². The first-order valence-electron chi connectivity index (χ1n) is 5.72. The molecule has 0 saturated carbocycles. The molecule has 0 aliphatic rings. The van der Waals surface area contributed by atoms with E-state index in [1.807, 2.05) is 18.2 Å². The Kier molecular flexibility index (Phi) is 5.32. The molecule has 2 amide bonds. The number of hydrogen-bond acceptors (Lipinski definition) is 3. The van der Waals surface area contributed by atoms with Gasteiger partial charge in [0, 0.05) is 20.5 Å². The Morgan fingerprint density at radius 1 is 1.28 bits per heavy atom. The molecule has 5 heteroatoms. The van der Waals surface area contributed by atoms with Crippen molar-refractivity contribution in [3.8, 4) is 0 Å². The van der Waals surface area contributed by atoms with Crippen LogP contribution in [-0.4, -0.2) is 42.5 Å². The summed E-state index contributed by atoms with van der Waals surface area (Å²) in [5, 5.41) is 11.3. The fraction of sp³-hybridized carbons (Fsp3) is 0.385. The number of hydrogen-bond donors (Lipinski definition) is 2. The summed E-state index contributed by atoms with van der Waals surface area (Å²) in [6, 6.07) is 8.32. The summed E-state index contributed by atoms with van der Waals surface area (Å²) in [5.74, 6) is -0.547. The maximum atomic E-state index is 12.0. The Morgan fingerprint density at radius 3 is 2.39 bits per heavy atom. The number of nitrogens with zero attached hydrogens (tertiary/aromatic N) is 1. The van der Waals surface area contributed by atoms with Gasteiger partial charge in [-0.2, -0.15) is 0 Å². The largest absolute Gasteiger partial charge is 0.396 e. The molecule has 1 rings (SSSR count). The van der Waals surface area contributed by atoms with Gasteiger partial charge in [-0.3, -0.25) is 9.59 Å². The fourth-order valence-corrected chi connectivity index (χ4v) is 1.53. The lowest BCUT2D eigenvalue weighted by atomic mass is 10.1. The summed E-state index contributed by atoms with van der Waals surface area (Å²) in [6.45, 7) is -0.233. The number of benzene rings is 1. The Balaban J connectivity index is 2.89. The number of aliphatic hydroxyl groups is 1. The minimum atomic E-state index is -0.708. The highest BCUT2D eigenvalue weighted by Gasteiger charge is 2.23. The number of amides is 2. The van der Waals surface area contributed by atoms with Crippen LogP contribution in [0, 0.1) is 0 Å². The minimum Gasteiger partial charge on any atom is -0.396 e. The molecule has 0 spiro atoms. The zero-order chi connectivity index (χ0) is 13.5. The Bertz CT molecular complexity index is 404. The third-order valence-electron chi connectivity index (χ3n) is 2.46. The minimum absolute atomic E-state index is 0.00988. The zero-order valence-corrected chi connectivity index (χ0v) is 10.6. The Labute approximate surface area is 106 Å². The first-order valence-corrected chi connectivity index (χ1v) is 5.72. The number of carbonyl (C=O) groups excluding carboxylic acids is 2. The summed E-state index contributed by atoms with van der Waals surface area (Å²) in [4.78, 5) is 25.0. The maximum Gasteiger partial charge on any atom is 0.249 e. The standard InChI is InChI=1S/C13H18N2O3/c1-15(2)13(18)12(14-11(17)8-9-16)10-6-4-3-5-7-10/h3-7,12,16H,8-9H2,1-2H3,(H,14,17)/t12-/m0/s1. The van der Waals surface area contributed by atoms with E-state index in [2.05, 4.69) is 5.32 Å². The van der Waals surface area contributed by atoms with E-state index in [-0.39, 0.29) is 24.8 Å². The van der Waals surface area contributed by atoms with E-state index in [9.17, 15) is 9.59 Å². The number of nitrogens with one attached hydrogen (secondary N) is 1. The van der Waals surface area contributed by atoms with Crippen molar-refractivity contribution in [2.75, 3.05) is 20.7 Å². The molecule has 1 aromatic carbocycles. The van der Waals surface area contributed by atoms with Gasteiger partial charge in [0.25, 0.3) is 0 Å². The molecule has 0 bridgehead atoms. The molecule has 5 nitrogen and oxygen atoms in total. The quantitative estimate of drug-likeness (QED) is 0.790. The topological polar surface area (TPSA) is 69.6 Å². The average molecular weight is 250 g/mol. The van der Waals surface area contributed by atoms with E-state index in [0.717, 1.165) is 5.56 Å². The second kappa shape index (κ2) is 6.76. The van der Waals surface area contributed by atoms with Gasteiger partial charge in [-0.1, -0.05) is 30.3 Å². The molecule has 0 fully saturated rings. The van der Waals surface area contributed by atoms with E-state index in [0.29, 0.717) is 0 Å². The normalized spacial score (nSPS) is 11.7. The van der Waals surface area contributed by atoms with Crippen molar-refractivity contribution < 1.29 is 14.7 Å². The van der Waals surface area contributed by atoms with Crippen molar-refractivity contribution >= 4 is 11.8 Å². The predicted octanol–water partition coefficient (Wildman–Crippen LogP) is 0.315. The van der Waals surface area contributed by atoms with Crippen LogP contribution < -0.4 is 5.32 Å². The van der Waals surface area contributed by atoms with Crippen LogP contribution >= 0.6 is 0 Å². The van der Waals surface area contributed by atoms with Gasteiger partial charge in [0.1, 0.15) is 6.04 Å². The SMILES string of the molecule is CN(C)C(=O)[C@@H](NC(=O)CCO)c1ccccc1. The molecule has 18 heavy (non-hydrogen) atoms. The highest BCUT2D eigenvalue weighted by molar-refractivity contribution is 5.88. The van der Waals surface area contributed by atoms with Crippen LogP contribution in [0.5, 0.6) is 0 Å². The lowest BCUT2D eigenvalue weighted by Crippen LogP contribution is -2.40. The average Bonchev–Trinajstić information content (AvgIpc) is 2.36. The molecule has 0 aliphatic carbocycles. The fourth-order valence-electron chi connectivity index (χ4n) is 1.53. The van der Waals surface area contributed by atoms with E-state index in [1.165, 1.54) is 4.90 Å². The molecule has 2 N–H and O–H groups in total. The van der Waals surface area contributed by atoms with Crippen molar-refractivity contribution in [2.24, 2.45) is 0 Å².